The summed E-state index contributed by atoms with van der Waals surface area (Å²) in [5.41, 5.74) is 0.555. The van der Waals surface area contributed by atoms with Crippen LogP contribution in [0.5, 0.6) is 0 Å². The normalized spacial score (nSPS) is 29.6. The van der Waals surface area contributed by atoms with Gasteiger partial charge in [-0.25, -0.2) is 15.0 Å². The van der Waals surface area contributed by atoms with E-state index >= 15 is 0 Å². The summed E-state index contributed by atoms with van der Waals surface area (Å²) in [6, 6.07) is 3.31. The summed E-state index contributed by atoms with van der Waals surface area (Å²) >= 11 is 0. The minimum Gasteiger partial charge on any atom is -0.373 e. The van der Waals surface area contributed by atoms with Gasteiger partial charge < -0.3 is 14.2 Å². The number of aromatic nitrogens is 5. The van der Waals surface area contributed by atoms with Crippen molar-refractivity contribution in [2.24, 2.45) is 19.5 Å². The van der Waals surface area contributed by atoms with Gasteiger partial charge in [-0.3, -0.25) is 9.36 Å². The second-order valence-corrected chi connectivity index (χ2v) is 11.0. The molecule has 11 heteroatoms. The molecule has 1 aliphatic heterocycles. The largest absolute Gasteiger partial charge is 0.394 e. The van der Waals surface area contributed by atoms with E-state index in [9.17, 15) is 18.0 Å². The first-order valence-electron chi connectivity index (χ1n) is 12.2. The molecule has 0 unspecified atom stereocenters. The fourth-order valence-corrected chi connectivity index (χ4v) is 6.43. The third-order valence-electron chi connectivity index (χ3n) is 8.38. The number of nitrogens with zero attached hydrogens (tertiary/aromatic N) is 6. The number of hydrogen-bond donors (Lipinski definition) is 0. The molecule has 0 amide bonds. The van der Waals surface area contributed by atoms with Crippen molar-refractivity contribution in [3.63, 3.8) is 0 Å². The molecule has 1 saturated heterocycles. The molecule has 0 aromatic carbocycles. The minimum absolute atomic E-state index is 0.0224. The molecule has 7 rings (SSSR count). The Balaban J connectivity index is 1.40. The fourth-order valence-electron chi connectivity index (χ4n) is 6.43. The van der Waals surface area contributed by atoms with Gasteiger partial charge in [0.15, 0.2) is 5.65 Å². The predicted octanol–water partition coefficient (Wildman–Crippen LogP) is 3.75. The average Bonchev–Trinajstić information content (AvgIpc) is 3.10. The first-order valence-corrected chi connectivity index (χ1v) is 12.2. The van der Waals surface area contributed by atoms with Crippen molar-refractivity contribution in [1.82, 2.24) is 24.1 Å². The van der Waals surface area contributed by atoms with Crippen molar-refractivity contribution in [3.05, 3.63) is 45.8 Å². The van der Waals surface area contributed by atoms with Gasteiger partial charge in [-0.15, -0.1) is 0 Å². The highest BCUT2D eigenvalue weighted by Gasteiger charge is 2.79. The molecule has 4 fully saturated rings. The van der Waals surface area contributed by atoms with Crippen LogP contribution >= 0.6 is 0 Å². The smallest absolute Gasteiger partial charge is 0.373 e. The van der Waals surface area contributed by atoms with Gasteiger partial charge in [0, 0.05) is 58.4 Å². The molecule has 8 nitrogen and oxygen atoms in total. The van der Waals surface area contributed by atoms with Crippen molar-refractivity contribution < 1.29 is 17.9 Å². The van der Waals surface area contributed by atoms with Gasteiger partial charge in [-0.2, -0.15) is 13.2 Å². The Labute approximate surface area is 206 Å². The number of aryl methyl sites for hydroxylation is 2. The SMILES string of the molecule is CN(C)c1nc2c(C34CC(C(F)(F)F)(C3)C4)nc([C@H]3CCO[C@@H](c4ccc(=O)n(C)c4)C3)nc2n1C. The molecule has 3 aromatic heterocycles. The van der Waals surface area contributed by atoms with E-state index in [1.165, 1.54) is 10.6 Å². The molecule has 0 N–H and O–H groups in total. The van der Waals surface area contributed by atoms with Crippen LogP contribution in [0.3, 0.4) is 0 Å². The highest BCUT2D eigenvalue weighted by Crippen LogP contribution is 2.78. The molecule has 2 atom stereocenters. The minimum atomic E-state index is -4.19. The van der Waals surface area contributed by atoms with Gasteiger partial charge in [0.1, 0.15) is 11.3 Å². The van der Waals surface area contributed by atoms with Crippen molar-refractivity contribution in [3.8, 4) is 0 Å². The number of ether oxygens (including phenoxy) is 1. The molecule has 0 spiro atoms. The van der Waals surface area contributed by atoms with Gasteiger partial charge >= 0.3 is 6.18 Å². The highest BCUT2D eigenvalue weighted by molar-refractivity contribution is 5.79. The van der Waals surface area contributed by atoms with E-state index in [0.29, 0.717) is 48.1 Å². The van der Waals surface area contributed by atoms with Gasteiger partial charge in [0.2, 0.25) is 11.5 Å². The maximum absolute atomic E-state index is 13.6. The number of hydrogen-bond acceptors (Lipinski definition) is 6. The molecule has 0 radical (unpaired) electrons. The number of fused-ring (bicyclic) bond motifs is 1. The van der Waals surface area contributed by atoms with E-state index < -0.39 is 17.0 Å². The van der Waals surface area contributed by atoms with Crippen molar-refractivity contribution in [2.75, 3.05) is 25.6 Å². The lowest BCUT2D eigenvalue weighted by atomic mass is 9.34. The Hall–Kier alpha value is -2.95. The first-order chi connectivity index (χ1) is 16.9. The Morgan fingerprint density at radius 3 is 2.47 bits per heavy atom. The molecule has 3 aliphatic carbocycles. The highest BCUT2D eigenvalue weighted by atomic mass is 19.4. The van der Waals surface area contributed by atoms with Crippen LogP contribution in [0.15, 0.2) is 23.1 Å². The standard InChI is InChI=1S/C25H29F3N6O2/c1-32(2)22-29-18-19(23-11-24(12-23,13-23)25(26,27)28)30-20(31-21(18)34(22)4)14-7-8-36-16(9-14)15-5-6-17(35)33(3)10-15/h5-6,10,14,16H,7-9,11-13H2,1-4H3/t14-,16+,23?,24?/m0/s1. The lowest BCUT2D eigenvalue weighted by molar-refractivity contribution is -0.337. The number of halogens is 3. The summed E-state index contributed by atoms with van der Waals surface area (Å²) in [6.07, 6.45) is -1.08. The first kappa shape index (κ1) is 23.4. The van der Waals surface area contributed by atoms with Crippen LogP contribution in [0.4, 0.5) is 19.1 Å². The van der Waals surface area contributed by atoms with E-state index in [4.69, 9.17) is 19.7 Å². The summed E-state index contributed by atoms with van der Waals surface area (Å²) in [4.78, 5) is 28.3. The molecule has 36 heavy (non-hydrogen) atoms. The second kappa shape index (κ2) is 7.53. The number of rotatable bonds is 4. The summed E-state index contributed by atoms with van der Waals surface area (Å²) in [7, 11) is 7.34. The maximum Gasteiger partial charge on any atom is 0.394 e. The number of anilines is 1. The molecule has 2 bridgehead atoms. The number of alkyl halides is 3. The Bertz CT molecular complexity index is 1410. The molecule has 3 aromatic rings. The van der Waals surface area contributed by atoms with Gasteiger partial charge in [-0.05, 0) is 43.7 Å². The van der Waals surface area contributed by atoms with Gasteiger partial charge in [0.25, 0.3) is 0 Å². The third kappa shape index (κ3) is 3.24. The lowest BCUT2D eigenvalue weighted by Crippen LogP contribution is -2.70. The van der Waals surface area contributed by atoms with E-state index in [-0.39, 0.29) is 36.8 Å². The third-order valence-corrected chi connectivity index (χ3v) is 8.38. The molecular formula is C25H29F3N6O2. The summed E-state index contributed by atoms with van der Waals surface area (Å²) in [5.74, 6) is 1.30. The van der Waals surface area contributed by atoms with E-state index in [1.807, 2.05) is 30.6 Å². The van der Waals surface area contributed by atoms with Crippen LogP contribution in [-0.2, 0) is 24.2 Å². The van der Waals surface area contributed by atoms with Crippen molar-refractivity contribution >= 4 is 17.1 Å². The second-order valence-electron chi connectivity index (χ2n) is 11.0. The Morgan fingerprint density at radius 2 is 1.83 bits per heavy atom. The zero-order chi connectivity index (χ0) is 25.6. The lowest BCUT2D eigenvalue weighted by Gasteiger charge is -2.70. The molecule has 4 aliphatic rings. The van der Waals surface area contributed by atoms with Gasteiger partial charge in [0.05, 0.1) is 17.2 Å². The zero-order valence-corrected chi connectivity index (χ0v) is 20.8. The monoisotopic (exact) mass is 502 g/mol. The van der Waals surface area contributed by atoms with Crippen molar-refractivity contribution in [1.29, 1.82) is 0 Å². The average molecular weight is 503 g/mol. The quantitative estimate of drug-likeness (QED) is 0.541. The van der Waals surface area contributed by atoms with Crippen LogP contribution in [-0.4, -0.2) is 51.0 Å². The van der Waals surface area contributed by atoms with Gasteiger partial charge in [-0.1, -0.05) is 0 Å². The molecule has 3 saturated carbocycles. The topological polar surface area (TPSA) is 78.1 Å². The summed E-state index contributed by atoms with van der Waals surface area (Å²) < 4.78 is 50.3. The van der Waals surface area contributed by atoms with Crippen LogP contribution in [0.1, 0.15) is 61.2 Å². The Kier molecular flexibility index (Phi) is 4.91. The maximum atomic E-state index is 13.6. The number of pyridine rings is 1. The van der Waals surface area contributed by atoms with E-state index in [1.54, 1.807) is 19.3 Å². The summed E-state index contributed by atoms with van der Waals surface area (Å²) in [5, 5.41) is 0. The van der Waals surface area contributed by atoms with Crippen LogP contribution < -0.4 is 10.5 Å². The fraction of sp³-hybridized carbons (Fsp3) is 0.600. The molecular weight excluding hydrogens is 473 g/mol. The summed E-state index contributed by atoms with van der Waals surface area (Å²) in [6.45, 7) is 0.506. The van der Waals surface area contributed by atoms with Crippen LogP contribution in [0.25, 0.3) is 11.2 Å². The van der Waals surface area contributed by atoms with Crippen molar-refractivity contribution in [2.45, 2.75) is 55.7 Å². The molecule has 192 valence electrons. The Morgan fingerprint density at radius 1 is 1.11 bits per heavy atom. The van der Waals surface area contributed by atoms with Crippen LogP contribution in [0, 0.1) is 5.41 Å². The van der Waals surface area contributed by atoms with Crippen LogP contribution in [0.2, 0.25) is 0 Å². The predicted molar refractivity (Wildman–Crippen MR) is 127 cm³/mol. The number of imidazole rings is 1. The zero-order valence-electron chi connectivity index (χ0n) is 20.8. The van der Waals surface area contributed by atoms with E-state index in [2.05, 4.69) is 0 Å². The van der Waals surface area contributed by atoms with E-state index in [0.717, 1.165) is 5.56 Å². The molecule has 4 heterocycles.